The molecular formula is C26H26BrNO4S. The molecule has 5 nitrogen and oxygen atoms in total. The Bertz CT molecular complexity index is 1140. The maximum Gasteiger partial charge on any atom is 0.341 e. The van der Waals surface area contributed by atoms with Gasteiger partial charge in [0.15, 0.2) is 0 Å². The van der Waals surface area contributed by atoms with Gasteiger partial charge in [0.25, 0.3) is 5.91 Å². The van der Waals surface area contributed by atoms with E-state index in [1.807, 2.05) is 36.4 Å². The number of anilines is 1. The second kappa shape index (κ2) is 11.0. The van der Waals surface area contributed by atoms with E-state index in [0.29, 0.717) is 35.1 Å². The van der Waals surface area contributed by atoms with Crippen molar-refractivity contribution < 1.29 is 19.1 Å². The van der Waals surface area contributed by atoms with Crippen LogP contribution in [0.3, 0.4) is 0 Å². The summed E-state index contributed by atoms with van der Waals surface area (Å²) in [5.41, 5.74) is 3.11. The maximum absolute atomic E-state index is 13.3. The number of rotatable bonds is 8. The number of esters is 1. The highest BCUT2D eigenvalue weighted by atomic mass is 79.9. The largest absolute Gasteiger partial charge is 0.492 e. The topological polar surface area (TPSA) is 64.6 Å². The zero-order valence-corrected chi connectivity index (χ0v) is 20.9. The van der Waals surface area contributed by atoms with Crippen molar-refractivity contribution in [3.63, 3.8) is 0 Å². The number of benzene rings is 2. The van der Waals surface area contributed by atoms with Gasteiger partial charge in [0, 0.05) is 15.8 Å². The third kappa shape index (κ3) is 5.65. The number of carbonyl (C=O) groups is 2. The highest BCUT2D eigenvalue weighted by Gasteiger charge is 2.28. The fourth-order valence-corrected chi connectivity index (χ4v) is 5.61. The number of nitrogens with one attached hydrogen (secondary N) is 1. The molecule has 1 aliphatic carbocycles. The molecule has 7 heteroatoms. The van der Waals surface area contributed by atoms with Crippen LogP contribution >= 0.6 is 27.3 Å². The quantitative estimate of drug-likeness (QED) is 0.342. The predicted molar refractivity (Wildman–Crippen MR) is 135 cm³/mol. The molecule has 1 N–H and O–H groups in total. The van der Waals surface area contributed by atoms with Crippen LogP contribution in [0.15, 0.2) is 53.0 Å². The predicted octanol–water partition coefficient (Wildman–Crippen LogP) is 6.44. The average molecular weight is 528 g/mol. The first-order valence-electron chi connectivity index (χ1n) is 11.2. The number of fused-ring (bicyclic) bond motifs is 1. The lowest BCUT2D eigenvalue weighted by atomic mass is 9.95. The van der Waals surface area contributed by atoms with Crippen LogP contribution in [-0.2, 0) is 24.0 Å². The average Bonchev–Trinajstić information content (AvgIpc) is 3.18. The van der Waals surface area contributed by atoms with Crippen molar-refractivity contribution in [3.8, 4) is 5.75 Å². The van der Waals surface area contributed by atoms with E-state index in [0.717, 1.165) is 47.0 Å². The van der Waals surface area contributed by atoms with Crippen LogP contribution in [0.1, 0.15) is 56.5 Å². The Morgan fingerprint density at radius 1 is 1.09 bits per heavy atom. The summed E-state index contributed by atoms with van der Waals surface area (Å²) in [4.78, 5) is 27.2. The van der Waals surface area contributed by atoms with Crippen molar-refractivity contribution in [2.45, 2.75) is 39.0 Å². The Labute approximate surface area is 206 Å². The van der Waals surface area contributed by atoms with E-state index in [2.05, 4.69) is 21.2 Å². The molecule has 1 heterocycles. The summed E-state index contributed by atoms with van der Waals surface area (Å²) in [5, 5.41) is 3.53. The molecule has 0 atom stereocenters. The minimum atomic E-state index is -0.374. The van der Waals surface area contributed by atoms with Gasteiger partial charge in [0.2, 0.25) is 0 Å². The summed E-state index contributed by atoms with van der Waals surface area (Å²) >= 11 is 4.93. The molecule has 1 aliphatic rings. The number of amides is 1. The van der Waals surface area contributed by atoms with E-state index in [1.165, 1.54) is 16.9 Å². The number of ether oxygens (including phenoxy) is 2. The van der Waals surface area contributed by atoms with Crippen LogP contribution in [0, 0.1) is 0 Å². The molecule has 33 heavy (non-hydrogen) atoms. The maximum atomic E-state index is 13.3. The Balaban J connectivity index is 1.55. The molecule has 0 fully saturated rings. The van der Waals surface area contributed by atoms with Crippen molar-refractivity contribution in [2.24, 2.45) is 0 Å². The van der Waals surface area contributed by atoms with Crippen molar-refractivity contribution in [2.75, 3.05) is 18.5 Å². The zero-order valence-electron chi connectivity index (χ0n) is 18.5. The first-order chi connectivity index (χ1) is 16.1. The van der Waals surface area contributed by atoms with Crippen LogP contribution in [0.25, 0.3) is 0 Å². The highest BCUT2D eigenvalue weighted by Crippen LogP contribution is 2.39. The molecule has 1 aromatic heterocycles. The van der Waals surface area contributed by atoms with Gasteiger partial charge in [0.05, 0.1) is 24.3 Å². The molecule has 0 radical (unpaired) electrons. The smallest absolute Gasteiger partial charge is 0.341 e. The standard InChI is InChI=1S/C26H26BrNO4S/c1-2-31-26(30)23-19-10-6-7-11-22(19)33-25(23)28-24(29)20-16-18(27)12-13-21(20)32-15-14-17-8-4-3-5-9-17/h3-5,8-9,12-13,16H,2,6-7,10-11,14-15H2,1H3,(H,28,29). The van der Waals surface area contributed by atoms with Crippen LogP contribution in [0.5, 0.6) is 5.75 Å². The summed E-state index contributed by atoms with van der Waals surface area (Å²) in [5.74, 6) is -0.179. The Hall–Kier alpha value is -2.64. The Morgan fingerprint density at radius 2 is 1.88 bits per heavy atom. The van der Waals surface area contributed by atoms with Crippen LogP contribution < -0.4 is 10.1 Å². The van der Waals surface area contributed by atoms with Gasteiger partial charge in [0.1, 0.15) is 10.8 Å². The molecule has 0 bridgehead atoms. The number of hydrogen-bond acceptors (Lipinski definition) is 5. The van der Waals surface area contributed by atoms with Gasteiger partial charge in [-0.3, -0.25) is 4.79 Å². The molecule has 0 saturated heterocycles. The lowest BCUT2D eigenvalue weighted by Crippen LogP contribution is -2.17. The van der Waals surface area contributed by atoms with Gasteiger partial charge in [-0.05, 0) is 61.9 Å². The SMILES string of the molecule is CCOC(=O)c1c(NC(=O)c2cc(Br)ccc2OCCc2ccccc2)sc2c1CCCC2. The van der Waals surface area contributed by atoms with Gasteiger partial charge >= 0.3 is 5.97 Å². The van der Waals surface area contributed by atoms with Crippen molar-refractivity contribution in [3.05, 3.63) is 80.1 Å². The van der Waals surface area contributed by atoms with Crippen molar-refractivity contribution >= 4 is 44.1 Å². The fourth-order valence-electron chi connectivity index (χ4n) is 3.97. The minimum absolute atomic E-state index is 0.294. The fraction of sp³-hybridized carbons (Fsp3) is 0.308. The van der Waals surface area contributed by atoms with E-state index in [1.54, 1.807) is 19.1 Å². The third-order valence-electron chi connectivity index (χ3n) is 5.56. The van der Waals surface area contributed by atoms with Gasteiger partial charge in [-0.2, -0.15) is 0 Å². The molecule has 0 unspecified atom stereocenters. The van der Waals surface area contributed by atoms with E-state index < -0.39 is 0 Å². The summed E-state index contributed by atoms with van der Waals surface area (Å²) in [6.07, 6.45) is 4.62. The van der Waals surface area contributed by atoms with Gasteiger partial charge in [-0.15, -0.1) is 11.3 Å². The summed E-state index contributed by atoms with van der Waals surface area (Å²) < 4.78 is 12.1. The number of aryl methyl sites for hydroxylation is 1. The zero-order chi connectivity index (χ0) is 23.2. The summed E-state index contributed by atoms with van der Waals surface area (Å²) in [7, 11) is 0. The normalized spacial score (nSPS) is 12.7. The Morgan fingerprint density at radius 3 is 2.67 bits per heavy atom. The van der Waals surface area contributed by atoms with Gasteiger partial charge < -0.3 is 14.8 Å². The first-order valence-corrected chi connectivity index (χ1v) is 12.8. The molecule has 2 aromatic carbocycles. The molecule has 4 rings (SSSR count). The first kappa shape index (κ1) is 23.5. The number of thiophene rings is 1. The van der Waals surface area contributed by atoms with E-state index in [9.17, 15) is 9.59 Å². The van der Waals surface area contributed by atoms with E-state index in [4.69, 9.17) is 9.47 Å². The number of carbonyl (C=O) groups excluding carboxylic acids is 2. The lowest BCUT2D eigenvalue weighted by molar-refractivity contribution is 0.0526. The third-order valence-corrected chi connectivity index (χ3v) is 7.26. The number of halogens is 1. The molecular weight excluding hydrogens is 502 g/mol. The summed E-state index contributed by atoms with van der Waals surface area (Å²) in [6.45, 7) is 2.53. The molecule has 0 spiro atoms. The van der Waals surface area contributed by atoms with Crippen molar-refractivity contribution in [1.82, 2.24) is 0 Å². The van der Waals surface area contributed by atoms with Gasteiger partial charge in [-0.25, -0.2) is 4.79 Å². The molecule has 1 amide bonds. The van der Waals surface area contributed by atoms with Crippen molar-refractivity contribution in [1.29, 1.82) is 0 Å². The Kier molecular flexibility index (Phi) is 7.83. The molecule has 0 aliphatic heterocycles. The van der Waals surface area contributed by atoms with Crippen LogP contribution in [0.4, 0.5) is 5.00 Å². The van der Waals surface area contributed by atoms with Crippen LogP contribution in [0.2, 0.25) is 0 Å². The monoisotopic (exact) mass is 527 g/mol. The minimum Gasteiger partial charge on any atom is -0.492 e. The second-order valence-corrected chi connectivity index (χ2v) is 9.84. The molecule has 0 saturated carbocycles. The summed E-state index contributed by atoms with van der Waals surface area (Å²) in [6, 6.07) is 15.4. The molecule has 3 aromatic rings. The van der Waals surface area contributed by atoms with Gasteiger partial charge in [-0.1, -0.05) is 46.3 Å². The highest BCUT2D eigenvalue weighted by molar-refractivity contribution is 9.10. The lowest BCUT2D eigenvalue weighted by Gasteiger charge is -2.13. The second-order valence-electron chi connectivity index (χ2n) is 7.81. The number of hydrogen-bond donors (Lipinski definition) is 1. The van der Waals surface area contributed by atoms with E-state index >= 15 is 0 Å². The molecule has 172 valence electrons. The van der Waals surface area contributed by atoms with Crippen LogP contribution in [-0.4, -0.2) is 25.1 Å². The van der Waals surface area contributed by atoms with E-state index in [-0.39, 0.29) is 11.9 Å².